The van der Waals surface area contributed by atoms with E-state index in [9.17, 15) is 0 Å². The Balaban J connectivity index is 0.00000288. The summed E-state index contributed by atoms with van der Waals surface area (Å²) in [5.41, 5.74) is 1.14. The predicted octanol–water partition coefficient (Wildman–Crippen LogP) is 2.28. The van der Waals surface area contributed by atoms with E-state index in [1.54, 1.807) is 18.4 Å². The van der Waals surface area contributed by atoms with Gasteiger partial charge in [-0.2, -0.15) is 0 Å². The molecule has 0 bridgehead atoms. The van der Waals surface area contributed by atoms with E-state index in [0.717, 1.165) is 50.6 Å². The topological polar surface area (TPSA) is 67.8 Å². The van der Waals surface area contributed by atoms with Crippen LogP contribution in [0.15, 0.2) is 4.99 Å². The highest BCUT2D eigenvalue weighted by atomic mass is 127. The molecule has 1 aliphatic rings. The number of thiazole rings is 1. The lowest BCUT2D eigenvalue weighted by Crippen LogP contribution is -2.40. The summed E-state index contributed by atoms with van der Waals surface area (Å²) >= 11 is 1.77. The number of aryl methyl sites for hydroxylation is 2. The van der Waals surface area contributed by atoms with Crippen LogP contribution in [0.4, 0.5) is 0 Å². The molecule has 1 fully saturated rings. The standard InChI is InChI=1S/C16H28N4O2S.HI/c1-12-13(2)23-15(20-12)6-7-18-16(17-3)19-8-10-21-11-14-5-4-9-22-14;/h14H,4-11H2,1-3H3,(H2,17,18,19);1H. The largest absolute Gasteiger partial charge is 0.377 e. The van der Waals surface area contributed by atoms with Crippen molar-refractivity contribution in [3.05, 3.63) is 15.6 Å². The van der Waals surface area contributed by atoms with Crippen molar-refractivity contribution in [1.82, 2.24) is 15.6 Å². The molecule has 24 heavy (non-hydrogen) atoms. The molecular weight excluding hydrogens is 439 g/mol. The Bertz CT molecular complexity index is 485. The summed E-state index contributed by atoms with van der Waals surface area (Å²) < 4.78 is 11.1. The first kappa shape index (κ1) is 21.6. The van der Waals surface area contributed by atoms with Crippen molar-refractivity contribution in [2.24, 2.45) is 4.99 Å². The zero-order valence-corrected chi connectivity index (χ0v) is 17.9. The van der Waals surface area contributed by atoms with E-state index in [-0.39, 0.29) is 30.1 Å². The minimum atomic E-state index is 0. The van der Waals surface area contributed by atoms with Crippen molar-refractivity contribution in [3.8, 4) is 0 Å². The van der Waals surface area contributed by atoms with Gasteiger partial charge in [0.2, 0.25) is 0 Å². The molecular formula is C16H29IN4O2S. The van der Waals surface area contributed by atoms with Crippen molar-refractivity contribution in [3.63, 3.8) is 0 Å². The Morgan fingerprint density at radius 2 is 2.17 bits per heavy atom. The number of nitrogens with zero attached hydrogens (tertiary/aromatic N) is 2. The lowest BCUT2D eigenvalue weighted by molar-refractivity contribution is 0.0191. The van der Waals surface area contributed by atoms with Gasteiger partial charge in [0.25, 0.3) is 0 Å². The third-order valence-electron chi connectivity index (χ3n) is 3.79. The summed E-state index contributed by atoms with van der Waals surface area (Å²) in [6.07, 6.45) is 3.47. The summed E-state index contributed by atoms with van der Waals surface area (Å²) in [7, 11) is 1.78. The number of rotatable bonds is 8. The zero-order chi connectivity index (χ0) is 16.5. The van der Waals surface area contributed by atoms with Crippen LogP contribution in [0, 0.1) is 13.8 Å². The SMILES string of the molecule is CN=C(NCCOCC1CCCO1)NCCc1nc(C)c(C)s1.I. The molecule has 0 saturated carbocycles. The molecule has 0 radical (unpaired) electrons. The molecule has 2 rings (SSSR count). The summed E-state index contributed by atoms with van der Waals surface area (Å²) in [6.45, 7) is 7.95. The molecule has 6 nitrogen and oxygen atoms in total. The van der Waals surface area contributed by atoms with E-state index < -0.39 is 0 Å². The number of ether oxygens (including phenoxy) is 2. The second kappa shape index (κ2) is 12.0. The van der Waals surface area contributed by atoms with Crippen LogP contribution in [-0.4, -0.2) is 57.0 Å². The molecule has 0 aliphatic carbocycles. The highest BCUT2D eigenvalue weighted by Crippen LogP contribution is 2.16. The van der Waals surface area contributed by atoms with E-state index in [0.29, 0.717) is 13.2 Å². The fraction of sp³-hybridized carbons (Fsp3) is 0.750. The average molecular weight is 468 g/mol. The molecule has 138 valence electrons. The molecule has 2 heterocycles. The van der Waals surface area contributed by atoms with Gasteiger partial charge in [-0.3, -0.25) is 4.99 Å². The smallest absolute Gasteiger partial charge is 0.191 e. The number of hydrogen-bond acceptors (Lipinski definition) is 5. The minimum absolute atomic E-state index is 0. The Morgan fingerprint density at radius 3 is 2.79 bits per heavy atom. The summed E-state index contributed by atoms with van der Waals surface area (Å²) in [4.78, 5) is 10.1. The summed E-state index contributed by atoms with van der Waals surface area (Å²) in [5, 5.41) is 7.73. The summed E-state index contributed by atoms with van der Waals surface area (Å²) in [6, 6.07) is 0. The molecule has 0 amide bonds. The predicted molar refractivity (Wildman–Crippen MR) is 110 cm³/mol. The van der Waals surface area contributed by atoms with Gasteiger partial charge in [0.05, 0.1) is 30.0 Å². The fourth-order valence-electron chi connectivity index (χ4n) is 2.39. The fourth-order valence-corrected chi connectivity index (χ4v) is 3.32. The Morgan fingerprint density at radius 1 is 1.38 bits per heavy atom. The molecule has 8 heteroatoms. The maximum Gasteiger partial charge on any atom is 0.191 e. The number of guanidine groups is 1. The molecule has 0 spiro atoms. The molecule has 1 aromatic rings. The third-order valence-corrected chi connectivity index (χ3v) is 4.93. The number of halogens is 1. The first-order valence-corrected chi connectivity index (χ1v) is 9.07. The average Bonchev–Trinajstić information content (AvgIpc) is 3.16. The Hall–Kier alpha value is -0.450. The normalized spacial score (nSPS) is 17.6. The van der Waals surface area contributed by atoms with Gasteiger partial charge in [0, 0.05) is 38.0 Å². The van der Waals surface area contributed by atoms with Crippen LogP contribution < -0.4 is 10.6 Å². The van der Waals surface area contributed by atoms with Crippen LogP contribution in [0.25, 0.3) is 0 Å². The molecule has 2 N–H and O–H groups in total. The van der Waals surface area contributed by atoms with Crippen LogP contribution in [0.5, 0.6) is 0 Å². The molecule has 1 aromatic heterocycles. The van der Waals surface area contributed by atoms with Crippen LogP contribution in [0.1, 0.15) is 28.4 Å². The molecule has 1 unspecified atom stereocenters. The van der Waals surface area contributed by atoms with Crippen LogP contribution in [-0.2, 0) is 15.9 Å². The lowest BCUT2D eigenvalue weighted by atomic mass is 10.2. The Kier molecular flexibility index (Phi) is 10.8. The number of hydrogen-bond donors (Lipinski definition) is 2. The highest BCUT2D eigenvalue weighted by Gasteiger charge is 2.14. The van der Waals surface area contributed by atoms with Gasteiger partial charge in [0.1, 0.15) is 0 Å². The molecule has 1 saturated heterocycles. The first-order chi connectivity index (χ1) is 11.2. The highest BCUT2D eigenvalue weighted by molar-refractivity contribution is 14.0. The molecule has 1 atom stereocenters. The summed E-state index contributed by atoms with van der Waals surface area (Å²) in [5.74, 6) is 0.802. The first-order valence-electron chi connectivity index (χ1n) is 8.26. The second-order valence-corrected chi connectivity index (χ2v) is 6.92. The Labute approximate surface area is 165 Å². The van der Waals surface area contributed by atoms with E-state index in [1.165, 1.54) is 9.88 Å². The van der Waals surface area contributed by atoms with Crippen LogP contribution >= 0.6 is 35.3 Å². The van der Waals surface area contributed by atoms with Gasteiger partial charge in [0.15, 0.2) is 5.96 Å². The van der Waals surface area contributed by atoms with Gasteiger partial charge < -0.3 is 20.1 Å². The zero-order valence-electron chi connectivity index (χ0n) is 14.8. The third kappa shape index (κ3) is 7.62. The molecule has 1 aliphatic heterocycles. The van der Waals surface area contributed by atoms with Gasteiger partial charge in [-0.15, -0.1) is 35.3 Å². The van der Waals surface area contributed by atoms with Gasteiger partial charge in [-0.05, 0) is 26.7 Å². The van der Waals surface area contributed by atoms with Crippen molar-refractivity contribution in [2.45, 2.75) is 39.2 Å². The molecule has 0 aromatic carbocycles. The van der Waals surface area contributed by atoms with Crippen LogP contribution in [0.2, 0.25) is 0 Å². The van der Waals surface area contributed by atoms with Crippen LogP contribution in [0.3, 0.4) is 0 Å². The van der Waals surface area contributed by atoms with Crippen molar-refractivity contribution < 1.29 is 9.47 Å². The second-order valence-electron chi connectivity index (χ2n) is 5.63. The van der Waals surface area contributed by atoms with E-state index in [4.69, 9.17) is 9.47 Å². The maximum atomic E-state index is 5.62. The lowest BCUT2D eigenvalue weighted by Gasteiger charge is -2.13. The monoisotopic (exact) mass is 468 g/mol. The minimum Gasteiger partial charge on any atom is -0.377 e. The van der Waals surface area contributed by atoms with Crippen molar-refractivity contribution in [2.75, 3.05) is 40.0 Å². The van der Waals surface area contributed by atoms with E-state index >= 15 is 0 Å². The van der Waals surface area contributed by atoms with E-state index in [2.05, 4.69) is 34.5 Å². The number of aliphatic imine (C=N–C) groups is 1. The quantitative estimate of drug-likeness (QED) is 0.265. The number of nitrogens with one attached hydrogen (secondary N) is 2. The van der Waals surface area contributed by atoms with Crippen molar-refractivity contribution in [1.29, 1.82) is 0 Å². The van der Waals surface area contributed by atoms with Crippen molar-refractivity contribution >= 4 is 41.3 Å². The number of aromatic nitrogens is 1. The van der Waals surface area contributed by atoms with E-state index in [1.807, 2.05) is 0 Å². The van der Waals surface area contributed by atoms with Gasteiger partial charge in [-0.1, -0.05) is 0 Å². The maximum absolute atomic E-state index is 5.62. The van der Waals surface area contributed by atoms with Gasteiger partial charge >= 0.3 is 0 Å². The van der Waals surface area contributed by atoms with Gasteiger partial charge in [-0.25, -0.2) is 4.98 Å².